The van der Waals surface area contributed by atoms with Crippen LogP contribution in [0.25, 0.3) is 0 Å². The number of rotatable bonds is 4. The lowest BCUT2D eigenvalue weighted by Crippen LogP contribution is -2.42. The molecule has 22 heavy (non-hydrogen) atoms. The van der Waals surface area contributed by atoms with E-state index in [2.05, 4.69) is 21.5 Å². The van der Waals surface area contributed by atoms with Crippen LogP contribution in [0.15, 0.2) is 42.6 Å². The molecule has 0 aliphatic heterocycles. The van der Waals surface area contributed by atoms with E-state index >= 15 is 0 Å². The normalized spacial score (nSPS) is 10.6. The van der Waals surface area contributed by atoms with Gasteiger partial charge in [0.15, 0.2) is 0 Å². The van der Waals surface area contributed by atoms with Crippen molar-refractivity contribution in [3.8, 4) is 12.3 Å². The maximum absolute atomic E-state index is 13.5. The minimum atomic E-state index is -0.840. The minimum Gasteiger partial charge on any atom is -0.340 e. The van der Waals surface area contributed by atoms with Gasteiger partial charge in [0, 0.05) is 5.69 Å². The third-order valence-corrected chi connectivity index (χ3v) is 2.92. The van der Waals surface area contributed by atoms with Crippen LogP contribution in [-0.4, -0.2) is 16.4 Å². The predicted molar refractivity (Wildman–Crippen MR) is 84.3 cm³/mol. The molecule has 1 amide bonds. The van der Waals surface area contributed by atoms with E-state index in [0.29, 0.717) is 0 Å². The van der Waals surface area contributed by atoms with Gasteiger partial charge in [0.25, 0.3) is 5.91 Å². The zero-order valence-corrected chi connectivity index (χ0v) is 12.4. The first-order valence-electron chi connectivity index (χ1n) is 6.69. The van der Waals surface area contributed by atoms with E-state index in [1.165, 1.54) is 0 Å². The van der Waals surface area contributed by atoms with Crippen LogP contribution >= 0.6 is 0 Å². The van der Waals surface area contributed by atoms with Crippen molar-refractivity contribution < 1.29 is 9.18 Å². The van der Waals surface area contributed by atoms with Gasteiger partial charge in [-0.1, -0.05) is 24.1 Å². The molecule has 0 aliphatic carbocycles. The molecular weight excluding hydrogens is 281 g/mol. The highest BCUT2D eigenvalue weighted by molar-refractivity contribution is 5.99. The summed E-state index contributed by atoms with van der Waals surface area (Å²) in [6.07, 6.45) is 6.40. The maximum Gasteiger partial charge on any atom is 0.256 e. The lowest BCUT2D eigenvalue weighted by atomic mass is 10.1. The standard InChI is InChI=1S/C17H16FN3O/c1-4-17(2,3)21-16(22)14-10-12(18)11-19-15(14)20-13-8-6-5-7-9-13/h1,5-11H,2-3H3,(H,19,20)(H,21,22). The number of nitrogens with one attached hydrogen (secondary N) is 2. The van der Waals surface area contributed by atoms with Crippen LogP contribution in [0.5, 0.6) is 0 Å². The first-order valence-corrected chi connectivity index (χ1v) is 6.69. The summed E-state index contributed by atoms with van der Waals surface area (Å²) < 4.78 is 13.5. The number of hydrogen-bond acceptors (Lipinski definition) is 3. The number of carbonyl (C=O) groups excluding carboxylic acids is 1. The predicted octanol–water partition coefficient (Wildman–Crippen LogP) is 3.11. The third kappa shape index (κ3) is 3.83. The van der Waals surface area contributed by atoms with Gasteiger partial charge in [-0.3, -0.25) is 4.79 Å². The summed E-state index contributed by atoms with van der Waals surface area (Å²) in [5.41, 5.74) is -0.00741. The highest BCUT2D eigenvalue weighted by atomic mass is 19.1. The highest BCUT2D eigenvalue weighted by Gasteiger charge is 2.21. The first-order chi connectivity index (χ1) is 10.4. The zero-order valence-electron chi connectivity index (χ0n) is 12.4. The average Bonchev–Trinajstić information content (AvgIpc) is 2.49. The van der Waals surface area contributed by atoms with Gasteiger partial charge >= 0.3 is 0 Å². The van der Waals surface area contributed by atoms with Crippen molar-refractivity contribution in [2.75, 3.05) is 5.32 Å². The van der Waals surface area contributed by atoms with Crippen molar-refractivity contribution in [1.29, 1.82) is 0 Å². The van der Waals surface area contributed by atoms with Crippen molar-refractivity contribution in [3.63, 3.8) is 0 Å². The van der Waals surface area contributed by atoms with E-state index in [-0.39, 0.29) is 11.4 Å². The molecule has 0 aliphatic rings. The molecule has 0 fully saturated rings. The molecule has 0 saturated carbocycles. The summed E-state index contributed by atoms with van der Waals surface area (Å²) in [6, 6.07) is 10.3. The number of carbonyl (C=O) groups is 1. The molecule has 1 heterocycles. The second-order valence-corrected chi connectivity index (χ2v) is 5.26. The Morgan fingerprint density at radius 3 is 2.64 bits per heavy atom. The Morgan fingerprint density at radius 1 is 1.32 bits per heavy atom. The Morgan fingerprint density at radius 2 is 2.00 bits per heavy atom. The molecule has 0 radical (unpaired) electrons. The lowest BCUT2D eigenvalue weighted by Gasteiger charge is -2.20. The van der Waals surface area contributed by atoms with Crippen molar-refractivity contribution in [2.45, 2.75) is 19.4 Å². The summed E-state index contributed by atoms with van der Waals surface area (Å²) in [6.45, 7) is 3.36. The summed E-state index contributed by atoms with van der Waals surface area (Å²) in [5, 5.41) is 5.65. The van der Waals surface area contributed by atoms with Crippen molar-refractivity contribution in [2.24, 2.45) is 0 Å². The molecule has 1 aromatic carbocycles. The van der Waals surface area contributed by atoms with Crippen molar-refractivity contribution >= 4 is 17.4 Å². The molecule has 2 N–H and O–H groups in total. The average molecular weight is 297 g/mol. The monoisotopic (exact) mass is 297 g/mol. The number of benzene rings is 1. The van der Waals surface area contributed by atoms with Gasteiger partial charge in [0.2, 0.25) is 0 Å². The van der Waals surface area contributed by atoms with E-state index in [1.54, 1.807) is 13.8 Å². The van der Waals surface area contributed by atoms with Gasteiger partial charge in [-0.25, -0.2) is 9.37 Å². The molecule has 112 valence electrons. The maximum atomic E-state index is 13.5. The Kier molecular flexibility index (Phi) is 4.42. The number of pyridine rings is 1. The summed E-state index contributed by atoms with van der Waals surface area (Å²) >= 11 is 0. The molecular formula is C17H16FN3O. The van der Waals surface area contributed by atoms with Crippen molar-refractivity contribution in [1.82, 2.24) is 10.3 Å². The van der Waals surface area contributed by atoms with E-state index in [9.17, 15) is 9.18 Å². The smallest absolute Gasteiger partial charge is 0.256 e. The topological polar surface area (TPSA) is 54.0 Å². The fourth-order valence-electron chi connectivity index (χ4n) is 1.76. The Hall–Kier alpha value is -2.87. The summed E-state index contributed by atoms with van der Waals surface area (Å²) in [4.78, 5) is 16.3. The molecule has 2 rings (SSSR count). The van der Waals surface area contributed by atoms with Gasteiger partial charge in [-0.15, -0.1) is 6.42 Å². The van der Waals surface area contributed by atoms with E-state index in [0.717, 1.165) is 18.0 Å². The third-order valence-electron chi connectivity index (χ3n) is 2.92. The SMILES string of the molecule is C#CC(C)(C)NC(=O)c1cc(F)cnc1Nc1ccccc1. The van der Waals surface area contributed by atoms with Gasteiger partial charge < -0.3 is 10.6 Å². The largest absolute Gasteiger partial charge is 0.340 e. The molecule has 2 aromatic rings. The summed E-state index contributed by atoms with van der Waals surface area (Å²) in [5.74, 6) is 1.63. The number of halogens is 1. The first kappa shape index (κ1) is 15.5. The van der Waals surface area contributed by atoms with Crippen LogP contribution < -0.4 is 10.6 Å². The summed E-state index contributed by atoms with van der Waals surface area (Å²) in [7, 11) is 0. The van der Waals surface area contributed by atoms with Crippen LogP contribution in [-0.2, 0) is 0 Å². The highest BCUT2D eigenvalue weighted by Crippen LogP contribution is 2.20. The number of aromatic nitrogens is 1. The Labute approximate surface area is 128 Å². The Bertz CT molecular complexity index is 720. The molecule has 5 heteroatoms. The fourth-order valence-corrected chi connectivity index (χ4v) is 1.76. The second-order valence-electron chi connectivity index (χ2n) is 5.26. The number of para-hydroxylation sites is 1. The number of nitrogens with zero attached hydrogens (tertiary/aromatic N) is 1. The Balaban J connectivity index is 2.32. The second kappa shape index (κ2) is 6.27. The van der Waals surface area contributed by atoms with Crippen molar-refractivity contribution in [3.05, 3.63) is 54.0 Å². The molecule has 0 unspecified atom stereocenters. The molecule has 4 nitrogen and oxygen atoms in total. The van der Waals surface area contributed by atoms with Crippen LogP contribution in [0.1, 0.15) is 24.2 Å². The minimum absolute atomic E-state index is 0.0900. The van der Waals surface area contributed by atoms with Gasteiger partial charge in [0.1, 0.15) is 11.6 Å². The van der Waals surface area contributed by atoms with Gasteiger partial charge in [-0.2, -0.15) is 0 Å². The molecule has 1 aromatic heterocycles. The van der Waals surface area contributed by atoms with Gasteiger partial charge in [0.05, 0.1) is 17.3 Å². The molecule has 0 bridgehead atoms. The zero-order chi connectivity index (χ0) is 16.2. The van der Waals surface area contributed by atoms with Crippen LogP contribution in [0, 0.1) is 18.2 Å². The van der Waals surface area contributed by atoms with E-state index < -0.39 is 17.3 Å². The fraction of sp³-hybridized carbons (Fsp3) is 0.176. The van der Waals surface area contributed by atoms with E-state index in [1.807, 2.05) is 30.3 Å². The number of hydrogen-bond donors (Lipinski definition) is 2. The van der Waals surface area contributed by atoms with E-state index in [4.69, 9.17) is 6.42 Å². The van der Waals surface area contributed by atoms with Crippen LogP contribution in [0.2, 0.25) is 0 Å². The quantitative estimate of drug-likeness (QED) is 0.853. The number of amides is 1. The van der Waals surface area contributed by atoms with Crippen LogP contribution in [0.4, 0.5) is 15.9 Å². The molecule has 0 atom stereocenters. The molecule has 0 saturated heterocycles. The van der Waals surface area contributed by atoms with Gasteiger partial charge in [-0.05, 0) is 32.0 Å². The lowest BCUT2D eigenvalue weighted by molar-refractivity contribution is 0.0930. The molecule has 0 spiro atoms. The number of terminal acetylenes is 1. The van der Waals surface area contributed by atoms with Crippen LogP contribution in [0.3, 0.4) is 0 Å². The number of anilines is 2.